The van der Waals surface area contributed by atoms with Crippen molar-refractivity contribution in [3.05, 3.63) is 176 Å². The minimum atomic E-state index is -2.37. The van der Waals surface area contributed by atoms with Crippen molar-refractivity contribution in [2.45, 2.75) is 300 Å². The van der Waals surface area contributed by atoms with E-state index in [9.17, 15) is 0 Å². The van der Waals surface area contributed by atoms with Crippen molar-refractivity contribution < 1.29 is 44.9 Å². The Bertz CT molecular complexity index is 5060. The van der Waals surface area contributed by atoms with E-state index in [2.05, 4.69) is 131 Å². The number of fused-ring (bicyclic) bond motifs is 6. The van der Waals surface area contributed by atoms with Crippen molar-refractivity contribution in [1.82, 2.24) is 29.4 Å². The average Bonchev–Trinajstić information content (AvgIpc) is 0.711. The van der Waals surface area contributed by atoms with Gasteiger partial charge in [0.25, 0.3) is 0 Å². The molecule has 6 saturated heterocycles. The summed E-state index contributed by atoms with van der Waals surface area (Å²) in [7, 11) is 8.96. The Morgan fingerprint density at radius 1 is 0.275 bits per heavy atom. The molecule has 18 aliphatic rings. The van der Waals surface area contributed by atoms with Crippen molar-refractivity contribution in [3.63, 3.8) is 0 Å². The number of hydrogen-bond donors (Lipinski definition) is 0. The van der Waals surface area contributed by atoms with E-state index < -0.39 is 28.1 Å². The molecule has 0 N–H and O–H groups in total. The topological polar surface area (TPSA) is 74.8 Å². The summed E-state index contributed by atoms with van der Waals surface area (Å²) in [5.41, 5.74) is 19.4. The highest BCUT2D eigenvalue weighted by Crippen LogP contribution is 2.63. The SMILES string of the molecule is [2H]C([2H])([2H])N1CC[C@]23CCCC[C@H]2[C@H]1Cc1ccc(OC)cc13.[2H]C([2H])([2H])Oc1ccc2c(c1)[C@@]13CCCC[C@H]1[C@@H](C2)N(C)CC3.[2H]C([2H])N1CC[C@]23CCCC[C@H]2[C@H]1Cc1ccc(OC)cc13.[2H]C([2H])Oc1ccc2c(c1)[C@@]13CCCC[C@H]1[C@@H](C2)N(C)CC3.[2H]CN1CC[C@]23CCCC[C@H]2[C@H]1Cc1ccc(OC)cc13.[2H]COc1ccc2c(c1)[C@@]13CCCC[C@H]1[C@@H](C2)N(C)CC3. The van der Waals surface area contributed by atoms with Crippen LogP contribution in [0.2, 0.25) is 0 Å². The van der Waals surface area contributed by atoms with Crippen molar-refractivity contribution in [1.29, 1.82) is 0 Å². The first-order valence-electron chi connectivity index (χ1n) is 54.4. The van der Waals surface area contributed by atoms with E-state index in [0.29, 0.717) is 83.2 Å². The quantitative estimate of drug-likeness (QED) is 0.159. The Hall–Kier alpha value is -6.12. The first-order chi connectivity index (χ1) is 63.6. The highest BCUT2D eigenvalue weighted by molar-refractivity contribution is 5.52. The summed E-state index contributed by atoms with van der Waals surface area (Å²) in [6, 6.07) is 41.8. The molecular formula is C108H150N6O6. The van der Waals surface area contributed by atoms with Crippen molar-refractivity contribution in [3.8, 4) is 34.5 Å². The van der Waals surface area contributed by atoms with Crippen LogP contribution < -0.4 is 28.4 Å². The summed E-state index contributed by atoms with van der Waals surface area (Å²) in [5, 5.41) is 0. The first-order valence-corrected chi connectivity index (χ1v) is 47.7. The molecule has 6 aromatic carbocycles. The van der Waals surface area contributed by atoms with Crippen LogP contribution in [0.3, 0.4) is 0 Å². The van der Waals surface area contributed by atoms with Gasteiger partial charge in [-0.05, 0) is 411 Å². The number of piperidine rings is 6. The monoisotopic (exact) mass is 1640 g/mol. The number of likely N-dealkylation sites (N-methyl/N-ethyl adjacent to an activating group) is 6. The van der Waals surface area contributed by atoms with Crippen LogP contribution in [0, 0.1) is 35.5 Å². The van der Waals surface area contributed by atoms with Crippen LogP contribution in [-0.4, -0.2) is 190 Å². The third kappa shape index (κ3) is 14.1. The molecule has 12 aliphatic carbocycles. The molecule has 12 heteroatoms. The van der Waals surface area contributed by atoms with Crippen LogP contribution in [0.15, 0.2) is 109 Å². The van der Waals surface area contributed by atoms with Crippen LogP contribution in [0.1, 0.15) is 276 Å². The fourth-order valence-electron chi connectivity index (χ4n) is 31.2. The van der Waals surface area contributed by atoms with E-state index in [1.165, 1.54) is 249 Å². The highest BCUT2D eigenvalue weighted by atomic mass is 16.5. The predicted octanol–water partition coefficient (Wildman–Crippen LogP) is 20.3. The van der Waals surface area contributed by atoms with E-state index in [1.807, 2.05) is 29.2 Å². The van der Waals surface area contributed by atoms with Crippen LogP contribution in [0.5, 0.6) is 34.5 Å². The number of likely N-dealkylation sites (tertiary alicyclic amines) is 6. The molecule has 12 fully saturated rings. The highest BCUT2D eigenvalue weighted by Gasteiger charge is 2.60. The Labute approximate surface area is 740 Å². The molecule has 6 heterocycles. The standard InChI is InChI=1S/6C18H25NO/c6*1-19-10-9-18-8-4-3-5-15(18)17(19)11-13-6-7-14(20-2)12-16(13)18/h6*6-7,12,15,17H,3-5,8-11H2,1-2H3/t6*15-,17+,18+/m000000/s1/i2D3;2D2;2D;1D3;1D2;1D. The van der Waals surface area contributed by atoms with Gasteiger partial charge >= 0.3 is 0 Å². The molecule has 6 aliphatic heterocycles. The third-order valence-electron chi connectivity index (χ3n) is 37.0. The van der Waals surface area contributed by atoms with Gasteiger partial charge in [0.15, 0.2) is 0 Å². The van der Waals surface area contributed by atoms with Crippen molar-refractivity contribution in [2.24, 2.45) is 35.5 Å². The van der Waals surface area contributed by atoms with E-state index in [-0.39, 0.29) is 29.4 Å². The molecule has 6 saturated carbocycles. The summed E-state index contributed by atoms with van der Waals surface area (Å²) < 4.78 is 124. The number of benzene rings is 6. The Morgan fingerprint density at radius 3 is 0.792 bits per heavy atom. The van der Waals surface area contributed by atoms with E-state index in [4.69, 9.17) is 44.9 Å². The van der Waals surface area contributed by atoms with Gasteiger partial charge in [0.2, 0.25) is 0 Å². The van der Waals surface area contributed by atoms with Crippen LogP contribution >= 0.6 is 0 Å². The molecule has 12 nitrogen and oxygen atoms in total. The zero-order chi connectivity index (χ0) is 92.0. The minimum Gasteiger partial charge on any atom is -0.497 e. The Balaban J connectivity index is 0.000000102. The molecule has 648 valence electrons. The molecule has 6 aromatic rings. The second-order valence-corrected chi connectivity index (χ2v) is 41.3. The van der Waals surface area contributed by atoms with Gasteiger partial charge in [0.05, 0.1) is 50.7 Å². The minimum absolute atomic E-state index is 0.0145. The summed E-state index contributed by atoms with van der Waals surface area (Å²) in [6.45, 7) is 3.44. The fourth-order valence-corrected chi connectivity index (χ4v) is 31.2. The Morgan fingerprint density at radius 2 is 0.525 bits per heavy atom. The normalized spacial score (nSPS) is 37.8. The van der Waals surface area contributed by atoms with Crippen LogP contribution in [0.25, 0.3) is 0 Å². The maximum Gasteiger partial charge on any atom is 0.119 e. The Kier molecular flexibility index (Phi) is 19.9. The molecule has 0 spiro atoms. The zero-order valence-electron chi connectivity index (χ0n) is 85.7. The summed E-state index contributed by atoms with van der Waals surface area (Å²) >= 11 is 0. The number of rotatable bonds is 6. The number of ether oxygens (including phenoxy) is 6. The second-order valence-electron chi connectivity index (χ2n) is 41.3. The summed E-state index contributed by atoms with van der Waals surface area (Å²) in [4.78, 5) is 14.1. The maximum atomic E-state index is 7.94. The predicted molar refractivity (Wildman–Crippen MR) is 488 cm³/mol. The lowest BCUT2D eigenvalue weighted by Gasteiger charge is -2.58. The lowest BCUT2D eigenvalue weighted by molar-refractivity contribution is 0.00272. The van der Waals surface area contributed by atoms with Gasteiger partial charge in [-0.15, -0.1) is 0 Å². The molecule has 12 bridgehead atoms. The van der Waals surface area contributed by atoms with Gasteiger partial charge in [-0.25, -0.2) is 0 Å². The first kappa shape index (κ1) is 70.1. The zero-order valence-corrected chi connectivity index (χ0v) is 73.7. The molecule has 0 aromatic heterocycles. The molecule has 0 unspecified atom stereocenters. The molecule has 0 radical (unpaired) electrons. The molecule has 18 atom stereocenters. The lowest BCUT2D eigenvalue weighted by atomic mass is 9.52. The van der Waals surface area contributed by atoms with E-state index in [0.717, 1.165) is 118 Å². The second kappa shape index (κ2) is 34.0. The smallest absolute Gasteiger partial charge is 0.119 e. The number of nitrogens with zero attached hydrogens (tertiary/aromatic N) is 6. The summed E-state index contributed by atoms with van der Waals surface area (Å²) in [6.07, 6.45) is 44.8. The fraction of sp³-hybridized carbons (Fsp3) is 0.667. The average molecular weight is 1640 g/mol. The van der Waals surface area contributed by atoms with Gasteiger partial charge in [-0.2, -0.15) is 0 Å². The molecule has 120 heavy (non-hydrogen) atoms. The third-order valence-corrected chi connectivity index (χ3v) is 37.0. The maximum absolute atomic E-state index is 7.94. The lowest BCUT2D eigenvalue weighted by Crippen LogP contribution is -2.59. The number of methoxy groups -OCH3 is 6. The van der Waals surface area contributed by atoms with Crippen LogP contribution in [0.4, 0.5) is 0 Å². The van der Waals surface area contributed by atoms with Crippen LogP contribution in [-0.2, 0) is 71.0 Å². The summed E-state index contributed by atoms with van der Waals surface area (Å²) in [5.74, 6) is 9.15. The molecule has 0 amide bonds. The van der Waals surface area contributed by atoms with Gasteiger partial charge in [0.1, 0.15) is 34.5 Å². The molecule has 24 rings (SSSR count). The largest absolute Gasteiger partial charge is 0.497 e. The van der Waals surface area contributed by atoms with Gasteiger partial charge in [-0.1, -0.05) is 113 Å². The van der Waals surface area contributed by atoms with Gasteiger partial charge in [0, 0.05) is 77.0 Å². The van der Waals surface area contributed by atoms with Crippen molar-refractivity contribution in [2.75, 3.05) is 124 Å². The van der Waals surface area contributed by atoms with E-state index in [1.54, 1.807) is 32.5 Å². The molecular weight excluding hydrogens is 1480 g/mol. The van der Waals surface area contributed by atoms with Gasteiger partial charge < -0.3 is 57.8 Å². The number of hydrogen-bond acceptors (Lipinski definition) is 12. The van der Waals surface area contributed by atoms with E-state index >= 15 is 0 Å². The van der Waals surface area contributed by atoms with Gasteiger partial charge in [-0.3, -0.25) is 0 Å². The van der Waals surface area contributed by atoms with Crippen molar-refractivity contribution >= 4 is 0 Å².